The Hall–Kier alpha value is -1.91. The summed E-state index contributed by atoms with van der Waals surface area (Å²) in [5.74, 6) is -1.85. The molecule has 1 aromatic carbocycles. The minimum Gasteiger partial charge on any atom is -0.481 e. The predicted octanol–water partition coefficient (Wildman–Crippen LogP) is 2.68. The Labute approximate surface area is 123 Å². The Morgan fingerprint density at radius 1 is 1.33 bits per heavy atom. The second kappa shape index (κ2) is 6.70. The maximum absolute atomic E-state index is 13.1. The molecule has 2 unspecified atom stereocenters. The molecule has 1 N–H and O–H groups in total. The van der Waals surface area contributed by atoms with Crippen LogP contribution in [0, 0.1) is 17.7 Å². The molecular weight excluding hydrogens is 273 g/mol. The summed E-state index contributed by atoms with van der Waals surface area (Å²) < 4.78 is 13.1. The number of aliphatic carboxylic acids is 1. The van der Waals surface area contributed by atoms with Gasteiger partial charge in [-0.2, -0.15) is 0 Å². The topological polar surface area (TPSA) is 57.6 Å². The van der Waals surface area contributed by atoms with Crippen LogP contribution in [0.25, 0.3) is 0 Å². The van der Waals surface area contributed by atoms with Gasteiger partial charge in [0, 0.05) is 19.5 Å². The Morgan fingerprint density at radius 2 is 2.05 bits per heavy atom. The zero-order valence-electron chi connectivity index (χ0n) is 12.1. The highest BCUT2D eigenvalue weighted by Crippen LogP contribution is 2.30. The van der Waals surface area contributed by atoms with Crippen molar-refractivity contribution < 1.29 is 19.1 Å². The largest absolute Gasteiger partial charge is 0.481 e. The van der Waals surface area contributed by atoms with Crippen LogP contribution in [0.3, 0.4) is 0 Å². The van der Waals surface area contributed by atoms with Gasteiger partial charge in [-0.15, -0.1) is 0 Å². The smallest absolute Gasteiger partial charge is 0.306 e. The van der Waals surface area contributed by atoms with E-state index in [1.165, 1.54) is 12.1 Å². The quantitative estimate of drug-likeness (QED) is 0.928. The number of carbonyl (C=O) groups excluding carboxylic acids is 1. The fourth-order valence-corrected chi connectivity index (χ4v) is 2.94. The van der Waals surface area contributed by atoms with Crippen molar-refractivity contribution in [3.63, 3.8) is 0 Å². The van der Waals surface area contributed by atoms with E-state index in [-0.39, 0.29) is 17.6 Å². The fraction of sp³-hybridized carbons (Fsp3) is 0.500. The standard InChI is InChI=1S/C16H20FNO3/c1-18(10-11-4-2-7-14(17)8-11)15(19)12-5-3-6-13(9-12)16(20)21/h2,4,7-8,12-13H,3,5-6,9-10H2,1H3,(H,20,21). The van der Waals surface area contributed by atoms with E-state index in [0.29, 0.717) is 19.4 Å². The predicted molar refractivity (Wildman–Crippen MR) is 76.0 cm³/mol. The molecule has 5 heteroatoms. The summed E-state index contributed by atoms with van der Waals surface area (Å²) in [5.41, 5.74) is 0.733. The molecule has 2 rings (SSSR count). The summed E-state index contributed by atoms with van der Waals surface area (Å²) in [5, 5.41) is 9.08. The van der Waals surface area contributed by atoms with Gasteiger partial charge in [-0.05, 0) is 37.0 Å². The summed E-state index contributed by atoms with van der Waals surface area (Å²) in [6.45, 7) is 0.338. The molecular formula is C16H20FNO3. The van der Waals surface area contributed by atoms with Crippen molar-refractivity contribution in [2.75, 3.05) is 7.05 Å². The number of halogens is 1. The third-order valence-electron chi connectivity index (χ3n) is 4.06. The molecule has 21 heavy (non-hydrogen) atoms. The maximum atomic E-state index is 13.1. The van der Waals surface area contributed by atoms with Crippen LogP contribution in [0.2, 0.25) is 0 Å². The molecule has 1 saturated carbocycles. The molecule has 0 saturated heterocycles. The highest BCUT2D eigenvalue weighted by Gasteiger charge is 2.32. The summed E-state index contributed by atoms with van der Waals surface area (Å²) in [6, 6.07) is 6.16. The molecule has 0 heterocycles. The van der Waals surface area contributed by atoms with Crippen LogP contribution in [0.5, 0.6) is 0 Å². The van der Waals surface area contributed by atoms with Crippen molar-refractivity contribution >= 4 is 11.9 Å². The van der Waals surface area contributed by atoms with Gasteiger partial charge in [0.15, 0.2) is 0 Å². The lowest BCUT2D eigenvalue weighted by Crippen LogP contribution is -2.36. The number of carboxylic acid groups (broad SMARTS) is 1. The number of hydrogen-bond donors (Lipinski definition) is 1. The molecule has 1 aliphatic rings. The van der Waals surface area contributed by atoms with Gasteiger partial charge in [-0.25, -0.2) is 4.39 Å². The average Bonchev–Trinajstić information content (AvgIpc) is 2.46. The van der Waals surface area contributed by atoms with Crippen molar-refractivity contribution in [1.82, 2.24) is 4.90 Å². The van der Waals surface area contributed by atoms with Gasteiger partial charge >= 0.3 is 5.97 Å². The van der Waals surface area contributed by atoms with Gasteiger partial charge in [0.25, 0.3) is 0 Å². The SMILES string of the molecule is CN(Cc1cccc(F)c1)C(=O)C1CCCC(C(=O)O)C1. The molecule has 4 nitrogen and oxygen atoms in total. The molecule has 0 aromatic heterocycles. The van der Waals surface area contributed by atoms with E-state index in [1.54, 1.807) is 24.1 Å². The molecule has 1 amide bonds. The minimum atomic E-state index is -0.819. The highest BCUT2D eigenvalue weighted by atomic mass is 19.1. The first-order chi connectivity index (χ1) is 9.97. The van der Waals surface area contributed by atoms with Gasteiger partial charge in [0.2, 0.25) is 5.91 Å². The minimum absolute atomic E-state index is 0.0507. The number of carboxylic acids is 1. The van der Waals surface area contributed by atoms with Crippen LogP contribution in [-0.2, 0) is 16.1 Å². The summed E-state index contributed by atoms with van der Waals surface area (Å²) in [6.07, 6.45) is 2.55. The van der Waals surface area contributed by atoms with Crippen molar-refractivity contribution in [2.45, 2.75) is 32.2 Å². The molecule has 114 valence electrons. The summed E-state index contributed by atoms with van der Waals surface area (Å²) in [4.78, 5) is 25.0. The van der Waals surface area contributed by atoms with Crippen molar-refractivity contribution in [3.05, 3.63) is 35.6 Å². The maximum Gasteiger partial charge on any atom is 0.306 e. The number of carbonyl (C=O) groups is 2. The summed E-state index contributed by atoms with van der Waals surface area (Å²) in [7, 11) is 1.68. The van der Waals surface area contributed by atoms with Gasteiger partial charge in [-0.1, -0.05) is 18.6 Å². The molecule has 0 radical (unpaired) electrons. The molecule has 1 aliphatic carbocycles. The zero-order chi connectivity index (χ0) is 15.4. The van der Waals surface area contributed by atoms with Crippen LogP contribution in [-0.4, -0.2) is 28.9 Å². The number of rotatable bonds is 4. The Morgan fingerprint density at radius 3 is 2.71 bits per heavy atom. The average molecular weight is 293 g/mol. The Bertz CT molecular complexity index is 532. The third kappa shape index (κ3) is 4.03. The van der Waals surface area contributed by atoms with Crippen molar-refractivity contribution in [1.29, 1.82) is 0 Å². The number of nitrogens with zero attached hydrogens (tertiary/aromatic N) is 1. The molecule has 0 spiro atoms. The molecule has 0 aliphatic heterocycles. The molecule has 0 bridgehead atoms. The zero-order valence-corrected chi connectivity index (χ0v) is 12.1. The highest BCUT2D eigenvalue weighted by molar-refractivity contribution is 5.80. The first-order valence-corrected chi connectivity index (χ1v) is 7.19. The van der Waals surface area contributed by atoms with Crippen LogP contribution < -0.4 is 0 Å². The van der Waals surface area contributed by atoms with Gasteiger partial charge < -0.3 is 10.0 Å². The number of amides is 1. The molecule has 1 fully saturated rings. The first-order valence-electron chi connectivity index (χ1n) is 7.19. The lowest BCUT2D eigenvalue weighted by atomic mass is 9.81. The van der Waals surface area contributed by atoms with Gasteiger partial charge in [0.1, 0.15) is 5.82 Å². The van der Waals surface area contributed by atoms with Gasteiger partial charge in [0.05, 0.1) is 5.92 Å². The van der Waals surface area contributed by atoms with E-state index < -0.39 is 11.9 Å². The number of hydrogen-bond acceptors (Lipinski definition) is 2. The number of benzene rings is 1. The van der Waals surface area contributed by atoms with Crippen LogP contribution in [0.4, 0.5) is 4.39 Å². The van der Waals surface area contributed by atoms with E-state index in [1.807, 2.05) is 0 Å². The summed E-state index contributed by atoms with van der Waals surface area (Å²) >= 11 is 0. The van der Waals surface area contributed by atoms with Crippen molar-refractivity contribution in [2.24, 2.45) is 11.8 Å². The molecule has 1 aromatic rings. The lowest BCUT2D eigenvalue weighted by Gasteiger charge is -2.29. The normalized spacial score (nSPS) is 21.8. The monoisotopic (exact) mass is 293 g/mol. The second-order valence-corrected chi connectivity index (χ2v) is 5.72. The van der Waals surface area contributed by atoms with Crippen LogP contribution >= 0.6 is 0 Å². The Kier molecular flexibility index (Phi) is 4.94. The van der Waals surface area contributed by atoms with E-state index >= 15 is 0 Å². The van der Waals surface area contributed by atoms with Crippen LogP contribution in [0.15, 0.2) is 24.3 Å². The first kappa shape index (κ1) is 15.5. The van der Waals surface area contributed by atoms with Crippen molar-refractivity contribution in [3.8, 4) is 0 Å². The fourth-order valence-electron chi connectivity index (χ4n) is 2.94. The Balaban J connectivity index is 1.97. The van der Waals surface area contributed by atoms with E-state index in [9.17, 15) is 14.0 Å². The van der Waals surface area contributed by atoms with Gasteiger partial charge in [-0.3, -0.25) is 9.59 Å². The lowest BCUT2D eigenvalue weighted by molar-refractivity contribution is -0.145. The van der Waals surface area contributed by atoms with E-state index in [2.05, 4.69) is 0 Å². The van der Waals surface area contributed by atoms with E-state index in [4.69, 9.17) is 5.11 Å². The third-order valence-corrected chi connectivity index (χ3v) is 4.06. The van der Waals surface area contributed by atoms with E-state index in [0.717, 1.165) is 18.4 Å². The molecule has 2 atom stereocenters. The second-order valence-electron chi connectivity index (χ2n) is 5.72. The van der Waals surface area contributed by atoms with Crippen LogP contribution in [0.1, 0.15) is 31.2 Å².